The number of piperidine rings is 1. The molecular weight excluding hydrogens is 500 g/mol. The normalized spacial score (nSPS) is 15.2. The molecule has 10 nitrogen and oxygen atoms in total. The summed E-state index contributed by atoms with van der Waals surface area (Å²) >= 11 is 0. The average molecular weight is 527 g/mol. The van der Waals surface area contributed by atoms with Gasteiger partial charge in [0.2, 0.25) is 10.0 Å². The van der Waals surface area contributed by atoms with Gasteiger partial charge in [0, 0.05) is 42.3 Å². The van der Waals surface area contributed by atoms with Gasteiger partial charge in [-0.2, -0.15) is 14.7 Å². The van der Waals surface area contributed by atoms with Gasteiger partial charge in [0.1, 0.15) is 17.8 Å². The van der Waals surface area contributed by atoms with Crippen LogP contribution < -0.4 is 5.73 Å². The molecule has 0 aliphatic carbocycles. The first-order chi connectivity index (χ1) is 18.4. The van der Waals surface area contributed by atoms with E-state index in [9.17, 15) is 8.42 Å². The van der Waals surface area contributed by atoms with Crippen molar-refractivity contribution in [1.82, 2.24) is 29.0 Å². The molecule has 192 valence electrons. The Hall–Kier alpha value is -4.27. The Morgan fingerprint density at radius 1 is 1.08 bits per heavy atom. The minimum absolute atomic E-state index is 0.223. The van der Waals surface area contributed by atoms with Gasteiger partial charge in [0.15, 0.2) is 5.65 Å². The second-order valence-electron chi connectivity index (χ2n) is 9.58. The minimum Gasteiger partial charge on any atom is -0.383 e. The van der Waals surface area contributed by atoms with Gasteiger partial charge >= 0.3 is 0 Å². The molecular formula is C27H26N8O2S. The summed E-state index contributed by atoms with van der Waals surface area (Å²) in [7, 11) is -3.58. The number of sulfonamides is 1. The zero-order chi connectivity index (χ0) is 26.3. The Labute approximate surface area is 219 Å². The van der Waals surface area contributed by atoms with Crippen molar-refractivity contribution in [3.63, 3.8) is 0 Å². The number of nitrogens with two attached hydrogens (primary N) is 1. The molecule has 0 atom stereocenters. The number of fused-ring (bicyclic) bond motifs is 2. The Morgan fingerprint density at radius 3 is 2.63 bits per heavy atom. The predicted octanol–water partition coefficient (Wildman–Crippen LogP) is 3.92. The molecule has 0 unspecified atom stereocenters. The Bertz CT molecular complexity index is 1780. The van der Waals surface area contributed by atoms with Crippen LogP contribution in [0.1, 0.15) is 24.8 Å². The second kappa shape index (κ2) is 9.55. The van der Waals surface area contributed by atoms with Crippen molar-refractivity contribution < 1.29 is 8.42 Å². The van der Waals surface area contributed by atoms with E-state index in [1.807, 2.05) is 35.1 Å². The number of aromatic nitrogens is 5. The standard InChI is InChI=1S/C27H26N8O2S/c28-16-19-1-4-22(5-2-19)38(36,37)34-12-8-18(9-13-34)10-14-35-27-24(26(29)31-17-32-27)25(33-35)21-3-6-23-20(15-21)7-11-30-23/h1-7,11,15,17-18,30H,8-10,12-14H2,(H2,29,31,32). The maximum Gasteiger partial charge on any atom is 0.243 e. The van der Waals surface area contributed by atoms with E-state index in [1.165, 1.54) is 34.9 Å². The molecule has 4 heterocycles. The molecule has 1 fully saturated rings. The number of aromatic amines is 1. The Balaban J connectivity index is 1.17. The highest BCUT2D eigenvalue weighted by molar-refractivity contribution is 7.89. The zero-order valence-electron chi connectivity index (χ0n) is 20.6. The summed E-state index contributed by atoms with van der Waals surface area (Å²) in [6.07, 6.45) is 5.75. The van der Waals surface area contributed by atoms with Crippen molar-refractivity contribution in [3.05, 3.63) is 66.6 Å². The Kier molecular flexibility index (Phi) is 6.06. The third-order valence-electron chi connectivity index (χ3n) is 7.33. The molecule has 38 heavy (non-hydrogen) atoms. The summed E-state index contributed by atoms with van der Waals surface area (Å²) < 4.78 is 29.5. The molecule has 3 N–H and O–H groups in total. The number of rotatable bonds is 6. The van der Waals surface area contributed by atoms with E-state index in [4.69, 9.17) is 16.1 Å². The molecule has 5 aromatic rings. The number of H-pyrrole nitrogens is 1. The molecule has 0 radical (unpaired) electrons. The molecule has 0 amide bonds. The third kappa shape index (κ3) is 4.27. The zero-order valence-corrected chi connectivity index (χ0v) is 21.4. The van der Waals surface area contributed by atoms with Gasteiger partial charge in [-0.15, -0.1) is 0 Å². The summed E-state index contributed by atoms with van der Waals surface area (Å²) in [6.45, 7) is 1.57. The first-order valence-electron chi connectivity index (χ1n) is 12.5. The lowest BCUT2D eigenvalue weighted by Crippen LogP contribution is -2.38. The van der Waals surface area contributed by atoms with Crippen LogP contribution in [0, 0.1) is 17.2 Å². The predicted molar refractivity (Wildman–Crippen MR) is 144 cm³/mol. The van der Waals surface area contributed by atoms with Crippen molar-refractivity contribution in [3.8, 4) is 17.3 Å². The van der Waals surface area contributed by atoms with Crippen LogP contribution in [0.5, 0.6) is 0 Å². The lowest BCUT2D eigenvalue weighted by atomic mass is 9.95. The largest absolute Gasteiger partial charge is 0.383 e. The van der Waals surface area contributed by atoms with Crippen molar-refractivity contribution >= 4 is 37.8 Å². The van der Waals surface area contributed by atoms with Gasteiger partial charge in [-0.25, -0.2) is 23.1 Å². The van der Waals surface area contributed by atoms with Crippen LogP contribution in [0.15, 0.2) is 66.0 Å². The highest BCUT2D eigenvalue weighted by Gasteiger charge is 2.29. The van der Waals surface area contributed by atoms with Crippen molar-refractivity contribution in [2.45, 2.75) is 30.7 Å². The van der Waals surface area contributed by atoms with Crippen LogP contribution in [-0.4, -0.2) is 50.5 Å². The number of nitrogens with one attached hydrogen (secondary N) is 1. The maximum atomic E-state index is 13.1. The number of nitriles is 1. The molecule has 2 aromatic carbocycles. The number of aryl methyl sites for hydroxylation is 1. The van der Waals surface area contributed by atoms with E-state index in [1.54, 1.807) is 0 Å². The molecule has 0 bridgehead atoms. The topological polar surface area (TPSA) is 147 Å². The van der Waals surface area contributed by atoms with Gasteiger partial charge in [-0.3, -0.25) is 0 Å². The first kappa shape index (κ1) is 24.1. The molecule has 3 aromatic heterocycles. The fourth-order valence-corrected chi connectivity index (χ4v) is 6.65. The molecule has 1 aliphatic heterocycles. The van der Waals surface area contributed by atoms with E-state index >= 15 is 0 Å². The molecule has 6 rings (SSSR count). The van der Waals surface area contributed by atoms with Gasteiger partial charge in [-0.1, -0.05) is 6.07 Å². The van der Waals surface area contributed by atoms with Crippen molar-refractivity contribution in [2.75, 3.05) is 18.8 Å². The highest BCUT2D eigenvalue weighted by Crippen LogP contribution is 2.33. The molecule has 0 saturated carbocycles. The number of hydrogen-bond donors (Lipinski definition) is 2. The monoisotopic (exact) mass is 526 g/mol. The molecule has 11 heteroatoms. The number of anilines is 1. The van der Waals surface area contributed by atoms with E-state index in [0.717, 1.165) is 46.8 Å². The lowest BCUT2D eigenvalue weighted by Gasteiger charge is -2.31. The van der Waals surface area contributed by atoms with Gasteiger partial charge in [0.25, 0.3) is 0 Å². The molecule has 1 aliphatic rings. The summed E-state index contributed by atoms with van der Waals surface area (Å²) in [5.41, 5.74) is 10.2. The van der Waals surface area contributed by atoms with Crippen LogP contribution in [0.25, 0.3) is 33.2 Å². The van der Waals surface area contributed by atoms with Crippen LogP contribution in [0.3, 0.4) is 0 Å². The van der Waals surface area contributed by atoms with E-state index in [0.29, 0.717) is 42.6 Å². The van der Waals surface area contributed by atoms with Gasteiger partial charge in [-0.05, 0) is 67.6 Å². The summed E-state index contributed by atoms with van der Waals surface area (Å²) in [4.78, 5) is 12.1. The third-order valence-corrected chi connectivity index (χ3v) is 9.24. The summed E-state index contributed by atoms with van der Waals surface area (Å²) in [6, 6.07) is 16.2. The summed E-state index contributed by atoms with van der Waals surface area (Å²) in [5, 5.41) is 15.7. The number of nitrogen functional groups attached to an aromatic ring is 1. The molecule has 0 spiro atoms. The van der Waals surface area contributed by atoms with Crippen LogP contribution in [-0.2, 0) is 16.6 Å². The Morgan fingerprint density at radius 2 is 1.87 bits per heavy atom. The van der Waals surface area contributed by atoms with E-state index in [-0.39, 0.29) is 4.90 Å². The first-order valence-corrected chi connectivity index (χ1v) is 13.9. The number of benzene rings is 2. The average Bonchev–Trinajstić information content (AvgIpc) is 3.57. The number of hydrogen-bond acceptors (Lipinski definition) is 7. The minimum atomic E-state index is -3.58. The smallest absolute Gasteiger partial charge is 0.243 e. The van der Waals surface area contributed by atoms with Crippen molar-refractivity contribution in [1.29, 1.82) is 5.26 Å². The lowest BCUT2D eigenvalue weighted by molar-refractivity contribution is 0.255. The highest BCUT2D eigenvalue weighted by atomic mass is 32.2. The van der Waals surface area contributed by atoms with E-state index < -0.39 is 10.0 Å². The quantitative estimate of drug-likeness (QED) is 0.341. The summed E-state index contributed by atoms with van der Waals surface area (Å²) in [5.74, 6) is 0.757. The molecule has 1 saturated heterocycles. The van der Waals surface area contributed by atoms with Crippen LogP contribution in [0.4, 0.5) is 5.82 Å². The fraction of sp³-hybridized carbons (Fsp3) is 0.259. The second-order valence-corrected chi connectivity index (χ2v) is 11.5. The van der Waals surface area contributed by atoms with Crippen LogP contribution in [0.2, 0.25) is 0 Å². The van der Waals surface area contributed by atoms with Crippen LogP contribution >= 0.6 is 0 Å². The van der Waals surface area contributed by atoms with Gasteiger partial charge in [0.05, 0.1) is 21.9 Å². The van der Waals surface area contributed by atoms with Gasteiger partial charge < -0.3 is 10.7 Å². The van der Waals surface area contributed by atoms with E-state index in [2.05, 4.69) is 21.0 Å². The number of nitrogens with zero attached hydrogens (tertiary/aromatic N) is 6. The van der Waals surface area contributed by atoms with Crippen molar-refractivity contribution in [2.24, 2.45) is 5.92 Å². The SMILES string of the molecule is N#Cc1ccc(S(=O)(=O)N2CCC(CCn3nc(-c4ccc5[nH]ccc5c4)c4c(N)ncnc43)CC2)cc1. The maximum absolute atomic E-state index is 13.1. The fourth-order valence-electron chi connectivity index (χ4n) is 5.18.